The third-order valence-electron chi connectivity index (χ3n) is 8.24. The van der Waals surface area contributed by atoms with Gasteiger partial charge in [0.05, 0.1) is 7.11 Å². The Bertz CT molecular complexity index is 532. The van der Waals surface area contributed by atoms with Crippen LogP contribution >= 0.6 is 0 Å². The molecule has 0 radical (unpaired) electrons. The lowest BCUT2D eigenvalue weighted by Gasteiger charge is -2.40. The van der Waals surface area contributed by atoms with Crippen LogP contribution in [0.2, 0.25) is 0 Å². The van der Waals surface area contributed by atoms with Crippen LogP contribution in [-0.2, 0) is 0 Å². The van der Waals surface area contributed by atoms with Gasteiger partial charge in [-0.1, -0.05) is 58.6 Å². The predicted octanol–water partition coefficient (Wildman–Crippen LogP) is 7.85. The minimum Gasteiger partial charge on any atom is -0.497 e. The smallest absolute Gasteiger partial charge is 0.118 e. The summed E-state index contributed by atoms with van der Waals surface area (Å²) in [5.74, 6) is 6.50. The van der Waals surface area contributed by atoms with E-state index in [9.17, 15) is 0 Å². The Hall–Kier alpha value is -0.980. The fourth-order valence-corrected chi connectivity index (χ4v) is 6.15. The van der Waals surface area contributed by atoms with E-state index in [0.29, 0.717) is 5.92 Å². The van der Waals surface area contributed by atoms with Crippen molar-refractivity contribution in [2.24, 2.45) is 29.6 Å². The van der Waals surface area contributed by atoms with Gasteiger partial charge in [-0.3, -0.25) is 0 Å². The summed E-state index contributed by atoms with van der Waals surface area (Å²) in [6, 6.07) is 8.78. The van der Waals surface area contributed by atoms with Gasteiger partial charge in [0, 0.05) is 0 Å². The SMILES string of the molecule is CCCC1CCC(C(C)C2CCC(C(C)c3ccc(OC)cc3)CC2)CC1. The van der Waals surface area contributed by atoms with Gasteiger partial charge in [-0.25, -0.2) is 0 Å². The second-order valence-corrected chi connectivity index (χ2v) is 9.67. The van der Waals surface area contributed by atoms with E-state index in [2.05, 4.69) is 45.0 Å². The van der Waals surface area contributed by atoms with Crippen molar-refractivity contribution >= 4 is 0 Å². The first-order valence-corrected chi connectivity index (χ1v) is 11.8. The van der Waals surface area contributed by atoms with Crippen molar-refractivity contribution in [2.45, 2.75) is 90.9 Å². The van der Waals surface area contributed by atoms with Gasteiger partial charge < -0.3 is 4.74 Å². The number of benzene rings is 1. The first kappa shape index (κ1) is 20.7. The molecule has 2 saturated carbocycles. The Kier molecular flexibility index (Phi) is 7.67. The normalized spacial score (nSPS) is 31.3. The Morgan fingerprint density at radius 2 is 1.33 bits per heavy atom. The van der Waals surface area contributed by atoms with Gasteiger partial charge in [0.1, 0.15) is 5.75 Å². The van der Waals surface area contributed by atoms with E-state index in [4.69, 9.17) is 4.74 Å². The Morgan fingerprint density at radius 1 is 0.815 bits per heavy atom. The van der Waals surface area contributed by atoms with E-state index in [0.717, 1.165) is 35.3 Å². The summed E-state index contributed by atoms with van der Waals surface area (Å²) in [6.45, 7) is 7.37. The first-order valence-electron chi connectivity index (χ1n) is 11.8. The van der Waals surface area contributed by atoms with Crippen LogP contribution in [0.3, 0.4) is 0 Å². The predicted molar refractivity (Wildman–Crippen MR) is 116 cm³/mol. The Balaban J connectivity index is 1.46. The number of hydrogen-bond acceptors (Lipinski definition) is 1. The van der Waals surface area contributed by atoms with Crippen LogP contribution in [0, 0.1) is 29.6 Å². The molecule has 152 valence electrons. The quantitative estimate of drug-likeness (QED) is 0.475. The highest BCUT2D eigenvalue weighted by Crippen LogP contribution is 2.45. The zero-order chi connectivity index (χ0) is 19.2. The van der Waals surface area contributed by atoms with E-state index in [1.165, 1.54) is 69.8 Å². The van der Waals surface area contributed by atoms with Gasteiger partial charge in [-0.2, -0.15) is 0 Å². The van der Waals surface area contributed by atoms with Crippen LogP contribution in [-0.4, -0.2) is 7.11 Å². The van der Waals surface area contributed by atoms with Gasteiger partial charge in [-0.05, 0) is 91.7 Å². The van der Waals surface area contributed by atoms with Crippen molar-refractivity contribution in [3.63, 3.8) is 0 Å². The van der Waals surface area contributed by atoms with Crippen LogP contribution in [0.1, 0.15) is 96.5 Å². The lowest BCUT2D eigenvalue weighted by molar-refractivity contribution is 0.118. The maximum Gasteiger partial charge on any atom is 0.118 e. The molecular formula is C26H42O. The topological polar surface area (TPSA) is 9.23 Å². The van der Waals surface area contributed by atoms with Crippen molar-refractivity contribution in [2.75, 3.05) is 7.11 Å². The molecule has 0 aromatic heterocycles. The summed E-state index contributed by atoms with van der Waals surface area (Å²) in [4.78, 5) is 0. The molecule has 27 heavy (non-hydrogen) atoms. The van der Waals surface area contributed by atoms with Crippen molar-refractivity contribution in [1.82, 2.24) is 0 Å². The molecule has 0 saturated heterocycles. The molecule has 0 heterocycles. The molecular weight excluding hydrogens is 328 g/mol. The second kappa shape index (κ2) is 9.99. The zero-order valence-corrected chi connectivity index (χ0v) is 18.3. The van der Waals surface area contributed by atoms with Crippen molar-refractivity contribution in [1.29, 1.82) is 0 Å². The van der Waals surface area contributed by atoms with E-state index in [-0.39, 0.29) is 0 Å². The van der Waals surface area contributed by atoms with Crippen LogP contribution in [0.4, 0.5) is 0 Å². The first-order chi connectivity index (χ1) is 13.1. The lowest BCUT2D eigenvalue weighted by Crippen LogP contribution is -2.29. The molecule has 0 spiro atoms. The molecule has 0 amide bonds. The Labute approximate surface area is 168 Å². The molecule has 1 aromatic carbocycles. The molecule has 2 fully saturated rings. The summed E-state index contributed by atoms with van der Waals surface area (Å²) in [5, 5.41) is 0. The number of hydrogen-bond donors (Lipinski definition) is 0. The molecule has 1 nitrogen and oxygen atoms in total. The maximum absolute atomic E-state index is 5.31. The van der Waals surface area contributed by atoms with Gasteiger partial charge in [0.15, 0.2) is 0 Å². The molecule has 0 aliphatic heterocycles. The summed E-state index contributed by atoms with van der Waals surface area (Å²) in [5.41, 5.74) is 1.49. The van der Waals surface area contributed by atoms with Crippen LogP contribution in [0.25, 0.3) is 0 Å². The molecule has 2 aliphatic carbocycles. The maximum atomic E-state index is 5.31. The third kappa shape index (κ3) is 5.30. The third-order valence-corrected chi connectivity index (χ3v) is 8.24. The lowest BCUT2D eigenvalue weighted by atomic mass is 9.65. The summed E-state index contributed by atoms with van der Waals surface area (Å²) in [6.07, 6.45) is 14.6. The molecule has 0 bridgehead atoms. The van der Waals surface area contributed by atoms with Crippen LogP contribution in [0.5, 0.6) is 5.75 Å². The fourth-order valence-electron chi connectivity index (χ4n) is 6.15. The molecule has 2 aliphatic rings. The van der Waals surface area contributed by atoms with Gasteiger partial charge in [0.2, 0.25) is 0 Å². The van der Waals surface area contributed by atoms with E-state index >= 15 is 0 Å². The zero-order valence-electron chi connectivity index (χ0n) is 18.3. The highest BCUT2D eigenvalue weighted by Gasteiger charge is 2.33. The molecule has 0 N–H and O–H groups in total. The van der Waals surface area contributed by atoms with Crippen molar-refractivity contribution < 1.29 is 4.74 Å². The summed E-state index contributed by atoms with van der Waals surface area (Å²) < 4.78 is 5.31. The molecule has 1 aromatic rings. The molecule has 3 rings (SSSR count). The molecule has 2 atom stereocenters. The van der Waals surface area contributed by atoms with E-state index in [1.54, 1.807) is 7.11 Å². The van der Waals surface area contributed by atoms with Gasteiger partial charge >= 0.3 is 0 Å². The van der Waals surface area contributed by atoms with Crippen molar-refractivity contribution in [3.05, 3.63) is 29.8 Å². The largest absolute Gasteiger partial charge is 0.497 e. The second-order valence-electron chi connectivity index (χ2n) is 9.67. The standard InChI is InChI=1S/C26H42O/c1-5-6-21-7-9-22(10-8-21)19(2)23-11-13-24(14-12-23)20(3)25-15-17-26(27-4)18-16-25/h15-24H,5-14H2,1-4H3. The average Bonchev–Trinajstić information content (AvgIpc) is 2.74. The molecule has 2 unspecified atom stereocenters. The van der Waals surface area contributed by atoms with Gasteiger partial charge in [-0.15, -0.1) is 0 Å². The Morgan fingerprint density at radius 3 is 1.85 bits per heavy atom. The molecule has 1 heteroatoms. The fraction of sp³-hybridized carbons (Fsp3) is 0.769. The summed E-state index contributed by atoms with van der Waals surface area (Å²) >= 11 is 0. The number of methoxy groups -OCH3 is 1. The highest BCUT2D eigenvalue weighted by molar-refractivity contribution is 5.29. The van der Waals surface area contributed by atoms with Gasteiger partial charge in [0.25, 0.3) is 0 Å². The number of ether oxygens (including phenoxy) is 1. The summed E-state index contributed by atoms with van der Waals surface area (Å²) in [7, 11) is 1.75. The number of rotatable bonds is 7. The average molecular weight is 371 g/mol. The highest BCUT2D eigenvalue weighted by atomic mass is 16.5. The van der Waals surface area contributed by atoms with Crippen LogP contribution in [0.15, 0.2) is 24.3 Å². The minimum absolute atomic E-state index is 0.677. The van der Waals surface area contributed by atoms with Crippen molar-refractivity contribution in [3.8, 4) is 5.75 Å². The monoisotopic (exact) mass is 370 g/mol. The van der Waals surface area contributed by atoms with E-state index < -0.39 is 0 Å². The minimum atomic E-state index is 0.677. The van der Waals surface area contributed by atoms with E-state index in [1.807, 2.05) is 0 Å². The van der Waals surface area contributed by atoms with Crippen LogP contribution < -0.4 is 4.74 Å².